The number of likely N-dealkylation sites (tertiary alicyclic amines) is 1. The second kappa shape index (κ2) is 12.0. The van der Waals surface area contributed by atoms with Crippen molar-refractivity contribution in [3.8, 4) is 28.4 Å². The molecule has 0 spiro atoms. The first kappa shape index (κ1) is 29.1. The highest BCUT2D eigenvalue weighted by molar-refractivity contribution is 6.06. The number of para-hydroxylation sites is 1. The van der Waals surface area contributed by atoms with Gasteiger partial charge in [-0.2, -0.15) is 10.2 Å². The number of anilines is 3. The number of nitrogens with zero attached hydrogens (tertiary/aromatic N) is 9. The van der Waals surface area contributed by atoms with Gasteiger partial charge >= 0.3 is 0 Å². The molecule has 6 heterocycles. The van der Waals surface area contributed by atoms with Crippen LogP contribution in [0.3, 0.4) is 0 Å². The van der Waals surface area contributed by atoms with Crippen molar-refractivity contribution in [3.05, 3.63) is 72.7 Å². The lowest BCUT2D eigenvalue weighted by atomic mass is 10.1. The smallest absolute Gasteiger partial charge is 0.238 e. The number of benzene rings is 1. The lowest BCUT2D eigenvalue weighted by Crippen LogP contribution is -2.33. The number of hydrogen-bond donors (Lipinski definition) is 3. The van der Waals surface area contributed by atoms with Gasteiger partial charge in [0, 0.05) is 80.1 Å². The van der Waals surface area contributed by atoms with Crippen LogP contribution in [0.2, 0.25) is 0 Å². The highest BCUT2D eigenvalue weighted by Crippen LogP contribution is 2.33. The molecule has 1 saturated heterocycles. The Labute approximate surface area is 264 Å². The number of ether oxygens (including phenoxy) is 1. The molecule has 5 aromatic heterocycles. The van der Waals surface area contributed by atoms with Crippen molar-refractivity contribution < 1.29 is 9.53 Å². The van der Waals surface area contributed by atoms with Crippen molar-refractivity contribution in [2.45, 2.75) is 26.4 Å². The monoisotopic (exact) mass is 618 g/mol. The van der Waals surface area contributed by atoms with Crippen molar-refractivity contribution in [1.29, 1.82) is 0 Å². The first-order valence-electron chi connectivity index (χ1n) is 15.0. The van der Waals surface area contributed by atoms with Crippen LogP contribution >= 0.6 is 0 Å². The van der Waals surface area contributed by atoms with Crippen LogP contribution in [0.15, 0.2) is 61.4 Å². The molecule has 1 aromatic carbocycles. The van der Waals surface area contributed by atoms with E-state index in [0.29, 0.717) is 29.9 Å². The summed E-state index contributed by atoms with van der Waals surface area (Å²) in [7, 11) is 3.75. The molecule has 46 heavy (non-hydrogen) atoms. The Morgan fingerprint density at radius 3 is 2.83 bits per heavy atom. The number of carbonyl (C=O) groups is 1. The van der Waals surface area contributed by atoms with Gasteiger partial charge in [-0.05, 0) is 31.9 Å². The van der Waals surface area contributed by atoms with Crippen LogP contribution in [0.4, 0.5) is 17.5 Å². The normalized spacial score (nSPS) is 15.0. The topological polar surface area (TPSA) is 157 Å². The zero-order valence-electron chi connectivity index (χ0n) is 26.0. The van der Waals surface area contributed by atoms with Crippen LogP contribution in [-0.4, -0.2) is 81.0 Å². The molecule has 0 radical (unpaired) electrons. The fraction of sp³-hybridized carbons (Fsp3) is 0.281. The lowest BCUT2D eigenvalue weighted by molar-refractivity contribution is -0.117. The van der Waals surface area contributed by atoms with E-state index in [-0.39, 0.29) is 18.6 Å². The Morgan fingerprint density at radius 1 is 1.13 bits per heavy atom. The van der Waals surface area contributed by atoms with E-state index in [9.17, 15) is 4.79 Å². The summed E-state index contributed by atoms with van der Waals surface area (Å²) in [5.74, 6) is 1.55. The number of aromatic nitrogens is 9. The molecular formula is C32H34N12O2. The van der Waals surface area contributed by atoms with Gasteiger partial charge in [-0.25, -0.2) is 19.9 Å². The fourth-order valence-corrected chi connectivity index (χ4v) is 5.68. The van der Waals surface area contributed by atoms with Crippen LogP contribution in [-0.2, 0) is 18.9 Å². The van der Waals surface area contributed by atoms with E-state index < -0.39 is 0 Å². The number of amides is 1. The Hall–Kier alpha value is -5.63. The number of rotatable bonds is 9. The predicted molar refractivity (Wildman–Crippen MR) is 174 cm³/mol. The molecule has 0 unspecified atom stereocenters. The standard InChI is InChI=1S/C32H34N12O2/c1-19-12-34-32(39-27-10-20(2)43(4)41-27)40-30(19)24-14-33-31-23(24)6-5-7-25(31)38-28(45)17-44-9-8-22(16-44)46-29-11-26(35-18-36-29)21-13-37-42(3)15-21/h5-7,10-15,18,22,33H,8-9,16-17H2,1-4H3,(H,38,45)(H,34,39,40,41)/t22-/m0/s1. The molecule has 7 rings (SSSR count). The molecule has 6 aromatic rings. The van der Waals surface area contributed by atoms with Gasteiger partial charge in [0.15, 0.2) is 5.82 Å². The molecule has 14 nitrogen and oxygen atoms in total. The highest BCUT2D eigenvalue weighted by atomic mass is 16.5. The average Bonchev–Trinajstić information content (AvgIpc) is 3.83. The van der Waals surface area contributed by atoms with Crippen molar-refractivity contribution in [2.24, 2.45) is 14.1 Å². The zero-order valence-corrected chi connectivity index (χ0v) is 26.0. The SMILES string of the molecule is Cc1cnc(Nc2cc(C)n(C)n2)nc1-c1c[nH]c2c(NC(=O)CN3CC[C@H](Oc4cc(-c5cnn(C)c5)ncn4)C3)cccc12. The Balaban J connectivity index is 1.00. The maximum absolute atomic E-state index is 13.2. The van der Waals surface area contributed by atoms with Crippen LogP contribution in [0.5, 0.6) is 5.88 Å². The highest BCUT2D eigenvalue weighted by Gasteiger charge is 2.26. The molecular weight excluding hydrogens is 584 g/mol. The predicted octanol–water partition coefficient (Wildman–Crippen LogP) is 4.00. The van der Waals surface area contributed by atoms with Gasteiger partial charge in [0.1, 0.15) is 12.4 Å². The summed E-state index contributed by atoms with van der Waals surface area (Å²) >= 11 is 0. The molecule has 14 heteroatoms. The number of nitrogens with one attached hydrogen (secondary N) is 3. The zero-order chi connectivity index (χ0) is 31.8. The molecule has 1 aliphatic rings. The summed E-state index contributed by atoms with van der Waals surface area (Å²) in [6.45, 7) is 5.59. The summed E-state index contributed by atoms with van der Waals surface area (Å²) in [6.07, 6.45) is 9.58. The van der Waals surface area contributed by atoms with Gasteiger partial charge in [0.2, 0.25) is 17.7 Å². The fourth-order valence-electron chi connectivity index (χ4n) is 5.68. The van der Waals surface area contributed by atoms with E-state index >= 15 is 0 Å². The molecule has 0 bridgehead atoms. The molecule has 0 saturated carbocycles. The molecule has 1 amide bonds. The summed E-state index contributed by atoms with van der Waals surface area (Å²) < 4.78 is 9.68. The van der Waals surface area contributed by atoms with Gasteiger partial charge in [-0.15, -0.1) is 0 Å². The molecule has 3 N–H and O–H groups in total. The van der Waals surface area contributed by atoms with Crippen LogP contribution in [0.25, 0.3) is 33.4 Å². The van der Waals surface area contributed by atoms with Crippen molar-refractivity contribution in [3.63, 3.8) is 0 Å². The van der Waals surface area contributed by atoms with Gasteiger partial charge < -0.3 is 20.4 Å². The van der Waals surface area contributed by atoms with E-state index in [1.54, 1.807) is 21.8 Å². The Morgan fingerprint density at radius 2 is 2.02 bits per heavy atom. The quantitative estimate of drug-likeness (QED) is 0.216. The first-order chi connectivity index (χ1) is 22.3. The number of aryl methyl sites for hydroxylation is 4. The van der Waals surface area contributed by atoms with E-state index in [0.717, 1.165) is 57.6 Å². The maximum Gasteiger partial charge on any atom is 0.238 e. The van der Waals surface area contributed by atoms with Crippen molar-refractivity contribution >= 4 is 34.3 Å². The third kappa shape index (κ3) is 6.02. The number of H-pyrrole nitrogens is 1. The summed E-state index contributed by atoms with van der Waals surface area (Å²) in [6, 6.07) is 9.61. The van der Waals surface area contributed by atoms with Gasteiger partial charge in [-0.3, -0.25) is 19.1 Å². The number of carbonyl (C=O) groups excluding carboxylic acids is 1. The van der Waals surface area contributed by atoms with Crippen LogP contribution < -0.4 is 15.4 Å². The lowest BCUT2D eigenvalue weighted by Gasteiger charge is -2.16. The minimum atomic E-state index is -0.0967. The van der Waals surface area contributed by atoms with E-state index in [1.165, 1.54) is 6.33 Å². The molecule has 234 valence electrons. The summed E-state index contributed by atoms with van der Waals surface area (Å²) in [5, 5.41) is 15.9. The molecule has 1 fully saturated rings. The molecule has 0 aliphatic carbocycles. The first-order valence-corrected chi connectivity index (χ1v) is 15.0. The third-order valence-corrected chi connectivity index (χ3v) is 8.10. The third-order valence-electron chi connectivity index (χ3n) is 8.10. The Kier molecular flexibility index (Phi) is 7.62. The molecule has 1 atom stereocenters. The van der Waals surface area contributed by atoms with E-state index in [2.05, 4.69) is 45.7 Å². The Bertz CT molecular complexity index is 2020. The largest absolute Gasteiger partial charge is 0.473 e. The second-order valence-corrected chi connectivity index (χ2v) is 11.5. The molecule has 1 aliphatic heterocycles. The maximum atomic E-state index is 13.2. The van der Waals surface area contributed by atoms with Crippen LogP contribution in [0, 0.1) is 13.8 Å². The second-order valence-electron chi connectivity index (χ2n) is 11.5. The van der Waals surface area contributed by atoms with Crippen molar-refractivity contribution in [1.82, 2.24) is 49.4 Å². The van der Waals surface area contributed by atoms with E-state index in [4.69, 9.17) is 9.72 Å². The number of aromatic amines is 1. The summed E-state index contributed by atoms with van der Waals surface area (Å²) in [4.78, 5) is 36.5. The van der Waals surface area contributed by atoms with E-state index in [1.807, 2.05) is 70.7 Å². The summed E-state index contributed by atoms with van der Waals surface area (Å²) in [5.41, 5.74) is 6.85. The van der Waals surface area contributed by atoms with Crippen molar-refractivity contribution in [2.75, 3.05) is 30.3 Å². The van der Waals surface area contributed by atoms with Gasteiger partial charge in [-0.1, -0.05) is 12.1 Å². The van der Waals surface area contributed by atoms with Gasteiger partial charge in [0.05, 0.1) is 35.3 Å². The van der Waals surface area contributed by atoms with Crippen LogP contribution in [0.1, 0.15) is 17.7 Å². The minimum absolute atomic E-state index is 0.0731. The number of hydrogen-bond acceptors (Lipinski definition) is 10. The number of fused-ring (bicyclic) bond motifs is 1. The van der Waals surface area contributed by atoms with Gasteiger partial charge in [0.25, 0.3) is 0 Å². The average molecular weight is 619 g/mol. The minimum Gasteiger partial charge on any atom is -0.473 e.